The van der Waals surface area contributed by atoms with E-state index in [1.54, 1.807) is 7.11 Å². The highest BCUT2D eigenvalue weighted by molar-refractivity contribution is 5.15. The van der Waals surface area contributed by atoms with Crippen LogP contribution < -0.4 is 10.1 Å². The molecular formula is C16H27N3O. The first-order valence-electron chi connectivity index (χ1n) is 7.66. The van der Waals surface area contributed by atoms with Gasteiger partial charge in [-0.2, -0.15) is 0 Å². The summed E-state index contributed by atoms with van der Waals surface area (Å²) >= 11 is 0. The largest absolute Gasteiger partial charge is 0.481 e. The molecule has 0 saturated carbocycles. The Morgan fingerprint density at radius 2 is 2.25 bits per heavy atom. The number of methoxy groups -OCH3 is 1. The zero-order valence-corrected chi connectivity index (χ0v) is 12.9. The number of rotatable bonds is 6. The van der Waals surface area contributed by atoms with Crippen LogP contribution >= 0.6 is 0 Å². The second kappa shape index (κ2) is 7.60. The molecule has 1 aliphatic rings. The number of aromatic nitrogens is 1. The van der Waals surface area contributed by atoms with E-state index >= 15 is 0 Å². The van der Waals surface area contributed by atoms with Gasteiger partial charge in [0.15, 0.2) is 0 Å². The van der Waals surface area contributed by atoms with E-state index in [0.717, 1.165) is 25.3 Å². The lowest BCUT2D eigenvalue weighted by atomic mass is 10.0. The lowest BCUT2D eigenvalue weighted by molar-refractivity contribution is 0.175. The first-order valence-corrected chi connectivity index (χ1v) is 7.66. The fourth-order valence-electron chi connectivity index (χ4n) is 2.69. The van der Waals surface area contributed by atoms with E-state index in [2.05, 4.69) is 35.1 Å². The monoisotopic (exact) mass is 277 g/mol. The number of nitrogens with one attached hydrogen (secondary N) is 1. The van der Waals surface area contributed by atoms with Crippen molar-refractivity contribution in [2.24, 2.45) is 0 Å². The molecule has 2 rings (SSSR count). The lowest BCUT2D eigenvalue weighted by Gasteiger charge is -2.33. The maximum Gasteiger partial charge on any atom is 0.213 e. The van der Waals surface area contributed by atoms with Crippen LogP contribution in [0.2, 0.25) is 0 Å². The highest BCUT2D eigenvalue weighted by Gasteiger charge is 2.19. The second-order valence-electron chi connectivity index (χ2n) is 5.84. The van der Waals surface area contributed by atoms with Gasteiger partial charge in [-0.25, -0.2) is 4.98 Å². The van der Waals surface area contributed by atoms with Crippen molar-refractivity contribution in [1.29, 1.82) is 0 Å². The Hall–Kier alpha value is -1.13. The SMILES string of the molecule is COc1cccc(CN(CC2CCCCN2)C(C)C)n1. The summed E-state index contributed by atoms with van der Waals surface area (Å²) < 4.78 is 5.20. The summed E-state index contributed by atoms with van der Waals surface area (Å²) in [4.78, 5) is 7.01. The van der Waals surface area contributed by atoms with Crippen molar-refractivity contribution >= 4 is 0 Å². The number of hydrogen-bond donors (Lipinski definition) is 1. The van der Waals surface area contributed by atoms with Crippen LogP contribution in [0.4, 0.5) is 0 Å². The van der Waals surface area contributed by atoms with Gasteiger partial charge < -0.3 is 10.1 Å². The minimum atomic E-state index is 0.520. The van der Waals surface area contributed by atoms with Gasteiger partial charge >= 0.3 is 0 Å². The standard InChI is InChI=1S/C16H27N3O/c1-13(2)19(11-14-7-4-5-10-17-14)12-15-8-6-9-16(18-15)20-3/h6,8-9,13-14,17H,4-5,7,10-12H2,1-3H3. The number of nitrogens with zero attached hydrogens (tertiary/aromatic N) is 2. The van der Waals surface area contributed by atoms with Crippen molar-refractivity contribution in [3.8, 4) is 5.88 Å². The van der Waals surface area contributed by atoms with Crippen LogP contribution in [0.25, 0.3) is 0 Å². The normalized spacial score (nSPS) is 19.6. The molecule has 0 bridgehead atoms. The molecule has 1 aliphatic heterocycles. The molecule has 2 heterocycles. The minimum absolute atomic E-state index is 0.520. The molecule has 1 saturated heterocycles. The molecule has 0 spiro atoms. The Morgan fingerprint density at radius 1 is 1.40 bits per heavy atom. The predicted molar refractivity (Wildman–Crippen MR) is 82.0 cm³/mol. The summed E-state index contributed by atoms with van der Waals surface area (Å²) in [6.07, 6.45) is 3.95. The van der Waals surface area contributed by atoms with Crippen molar-refractivity contribution in [2.45, 2.75) is 51.7 Å². The Kier molecular flexibility index (Phi) is 5.80. The molecule has 0 amide bonds. The van der Waals surface area contributed by atoms with Crippen molar-refractivity contribution < 1.29 is 4.74 Å². The molecule has 0 radical (unpaired) electrons. The minimum Gasteiger partial charge on any atom is -0.481 e. The first-order chi connectivity index (χ1) is 9.69. The zero-order valence-electron chi connectivity index (χ0n) is 12.9. The van der Waals surface area contributed by atoms with Gasteiger partial charge in [0.1, 0.15) is 0 Å². The predicted octanol–water partition coefficient (Wildman–Crippen LogP) is 2.44. The van der Waals surface area contributed by atoms with E-state index in [1.807, 2.05) is 12.1 Å². The van der Waals surface area contributed by atoms with Crippen LogP contribution in [0.5, 0.6) is 5.88 Å². The van der Waals surface area contributed by atoms with Gasteiger partial charge in [-0.05, 0) is 39.3 Å². The van der Waals surface area contributed by atoms with Crippen LogP contribution in [0.3, 0.4) is 0 Å². The molecule has 0 aliphatic carbocycles. The molecule has 0 aromatic carbocycles. The Bertz CT molecular complexity index is 402. The van der Waals surface area contributed by atoms with Crippen LogP contribution in [0.15, 0.2) is 18.2 Å². The Balaban J connectivity index is 1.97. The third-order valence-corrected chi connectivity index (χ3v) is 3.95. The highest BCUT2D eigenvalue weighted by Crippen LogP contribution is 2.14. The van der Waals surface area contributed by atoms with Gasteiger partial charge in [0.2, 0.25) is 5.88 Å². The molecule has 20 heavy (non-hydrogen) atoms. The number of hydrogen-bond acceptors (Lipinski definition) is 4. The average molecular weight is 277 g/mol. The summed E-state index contributed by atoms with van der Waals surface area (Å²) in [5.41, 5.74) is 1.08. The van der Waals surface area contributed by atoms with Crippen LogP contribution in [0.1, 0.15) is 38.8 Å². The summed E-state index contributed by atoms with van der Waals surface area (Å²) in [6, 6.07) is 7.12. The molecule has 1 aromatic heterocycles. The smallest absolute Gasteiger partial charge is 0.213 e. The lowest BCUT2D eigenvalue weighted by Crippen LogP contribution is -2.45. The molecule has 1 fully saturated rings. The van der Waals surface area contributed by atoms with Crippen LogP contribution in [-0.4, -0.2) is 42.2 Å². The van der Waals surface area contributed by atoms with Crippen molar-refractivity contribution in [1.82, 2.24) is 15.2 Å². The maximum absolute atomic E-state index is 5.20. The van der Waals surface area contributed by atoms with Gasteiger partial charge in [-0.3, -0.25) is 4.90 Å². The van der Waals surface area contributed by atoms with Gasteiger partial charge in [-0.15, -0.1) is 0 Å². The van der Waals surface area contributed by atoms with E-state index in [4.69, 9.17) is 4.74 Å². The van der Waals surface area contributed by atoms with Crippen molar-refractivity contribution in [2.75, 3.05) is 20.2 Å². The molecule has 1 N–H and O–H groups in total. The molecule has 4 nitrogen and oxygen atoms in total. The van der Waals surface area contributed by atoms with Gasteiger partial charge in [0, 0.05) is 31.2 Å². The highest BCUT2D eigenvalue weighted by atomic mass is 16.5. The summed E-state index contributed by atoms with van der Waals surface area (Å²) in [5, 5.41) is 3.63. The summed E-state index contributed by atoms with van der Waals surface area (Å²) in [5.74, 6) is 0.696. The fraction of sp³-hybridized carbons (Fsp3) is 0.688. The van der Waals surface area contributed by atoms with E-state index < -0.39 is 0 Å². The van der Waals surface area contributed by atoms with Crippen molar-refractivity contribution in [3.63, 3.8) is 0 Å². The Morgan fingerprint density at radius 3 is 2.90 bits per heavy atom. The van der Waals surface area contributed by atoms with Crippen LogP contribution in [-0.2, 0) is 6.54 Å². The zero-order chi connectivity index (χ0) is 14.4. The van der Waals surface area contributed by atoms with E-state index in [-0.39, 0.29) is 0 Å². The maximum atomic E-state index is 5.20. The Labute approximate surface area is 122 Å². The summed E-state index contributed by atoms with van der Waals surface area (Å²) in [7, 11) is 1.66. The van der Waals surface area contributed by atoms with Gasteiger partial charge in [-0.1, -0.05) is 12.5 Å². The van der Waals surface area contributed by atoms with Gasteiger partial charge in [0.05, 0.1) is 12.8 Å². The third kappa shape index (κ3) is 4.46. The van der Waals surface area contributed by atoms with E-state index in [9.17, 15) is 0 Å². The average Bonchev–Trinajstić information content (AvgIpc) is 2.48. The summed E-state index contributed by atoms with van der Waals surface area (Å²) in [6.45, 7) is 7.64. The molecule has 4 heteroatoms. The van der Waals surface area contributed by atoms with Gasteiger partial charge in [0.25, 0.3) is 0 Å². The number of pyridine rings is 1. The number of piperidine rings is 1. The molecule has 1 aromatic rings. The second-order valence-corrected chi connectivity index (χ2v) is 5.84. The first kappa shape index (κ1) is 15.3. The molecule has 112 valence electrons. The fourth-order valence-corrected chi connectivity index (χ4v) is 2.69. The third-order valence-electron chi connectivity index (χ3n) is 3.95. The van der Waals surface area contributed by atoms with E-state index in [0.29, 0.717) is 18.0 Å². The topological polar surface area (TPSA) is 37.4 Å². The van der Waals surface area contributed by atoms with Crippen LogP contribution in [0, 0.1) is 0 Å². The number of ether oxygens (including phenoxy) is 1. The van der Waals surface area contributed by atoms with Crippen molar-refractivity contribution in [3.05, 3.63) is 23.9 Å². The molecular weight excluding hydrogens is 250 g/mol. The molecule has 1 unspecified atom stereocenters. The quantitative estimate of drug-likeness (QED) is 0.866. The molecule has 1 atom stereocenters. The van der Waals surface area contributed by atoms with E-state index in [1.165, 1.54) is 19.3 Å².